The number of hydrogen-bond donors (Lipinski definition) is 1. The Hall–Kier alpha value is -1.99. The van der Waals surface area contributed by atoms with Crippen molar-refractivity contribution in [1.82, 2.24) is 15.2 Å². The van der Waals surface area contributed by atoms with Gasteiger partial charge in [0.25, 0.3) is 0 Å². The first-order chi connectivity index (χ1) is 10.1. The monoisotopic (exact) mass is 307 g/mol. The summed E-state index contributed by atoms with van der Waals surface area (Å²) in [4.78, 5) is 28.6. The van der Waals surface area contributed by atoms with Crippen LogP contribution in [0.2, 0.25) is 0 Å². The summed E-state index contributed by atoms with van der Waals surface area (Å²) in [7, 11) is 3.27. The minimum Gasteiger partial charge on any atom is -0.364 e. The Kier molecular flexibility index (Phi) is 5.24. The molecule has 21 heavy (non-hydrogen) atoms. The lowest BCUT2D eigenvalue weighted by atomic mass is 10.3. The van der Waals surface area contributed by atoms with E-state index in [-0.39, 0.29) is 31.6 Å². The molecule has 1 aromatic heterocycles. The minimum absolute atomic E-state index is 0.0175. The lowest BCUT2D eigenvalue weighted by molar-refractivity contribution is -0.132. The molecule has 0 fully saturated rings. The van der Waals surface area contributed by atoms with Crippen LogP contribution in [0, 0.1) is 0 Å². The zero-order valence-corrected chi connectivity index (χ0v) is 12.8. The van der Waals surface area contributed by atoms with Crippen LogP contribution in [0.1, 0.15) is 5.01 Å². The van der Waals surface area contributed by atoms with Crippen molar-refractivity contribution < 1.29 is 14.3 Å². The predicted molar refractivity (Wildman–Crippen MR) is 81.0 cm³/mol. The van der Waals surface area contributed by atoms with Gasteiger partial charge in [0.15, 0.2) is 0 Å². The summed E-state index contributed by atoms with van der Waals surface area (Å²) in [6.45, 7) is 0.182. The number of fused-ring (bicyclic) bond motifs is 1. The van der Waals surface area contributed by atoms with Crippen molar-refractivity contribution in [3.8, 4) is 0 Å². The molecule has 0 spiro atoms. The van der Waals surface area contributed by atoms with E-state index in [0.717, 1.165) is 15.2 Å². The van der Waals surface area contributed by atoms with Gasteiger partial charge in [-0.05, 0) is 12.1 Å². The highest BCUT2D eigenvalue weighted by Gasteiger charge is 2.08. The van der Waals surface area contributed by atoms with Crippen LogP contribution in [0.25, 0.3) is 10.2 Å². The molecule has 0 aliphatic heterocycles. The number of carbonyl (C=O) groups is 2. The molecule has 0 aliphatic carbocycles. The minimum atomic E-state index is -0.314. The number of hydrogen-bond acceptors (Lipinski definition) is 5. The van der Waals surface area contributed by atoms with Crippen LogP contribution >= 0.6 is 11.3 Å². The molecular weight excluding hydrogens is 290 g/mol. The quantitative estimate of drug-likeness (QED) is 0.865. The number of benzene rings is 1. The van der Waals surface area contributed by atoms with Crippen molar-refractivity contribution in [2.45, 2.75) is 6.61 Å². The normalized spacial score (nSPS) is 10.6. The second-order valence-corrected chi connectivity index (χ2v) is 5.75. The highest BCUT2D eigenvalue weighted by atomic mass is 32.1. The van der Waals surface area contributed by atoms with Crippen LogP contribution in [0.3, 0.4) is 0 Å². The van der Waals surface area contributed by atoms with Gasteiger partial charge in [-0.25, -0.2) is 4.98 Å². The summed E-state index contributed by atoms with van der Waals surface area (Å²) < 4.78 is 6.41. The Morgan fingerprint density at radius 3 is 2.81 bits per heavy atom. The van der Waals surface area contributed by atoms with E-state index in [1.54, 1.807) is 25.4 Å². The largest absolute Gasteiger partial charge is 0.364 e. The van der Waals surface area contributed by atoms with Gasteiger partial charge in [0, 0.05) is 14.1 Å². The second-order valence-electron chi connectivity index (χ2n) is 4.63. The Bertz CT molecular complexity index is 606. The molecule has 0 aliphatic rings. The molecule has 1 heterocycles. The molecular formula is C14H17N3O3S. The van der Waals surface area contributed by atoms with Crippen LogP contribution in [0.15, 0.2) is 24.3 Å². The molecule has 2 rings (SSSR count). The number of amides is 2. The van der Waals surface area contributed by atoms with Crippen molar-refractivity contribution in [2.24, 2.45) is 0 Å². The molecule has 0 radical (unpaired) electrons. The molecule has 0 atom stereocenters. The van der Waals surface area contributed by atoms with Crippen molar-refractivity contribution in [1.29, 1.82) is 0 Å². The van der Waals surface area contributed by atoms with Crippen molar-refractivity contribution >= 4 is 33.4 Å². The van der Waals surface area contributed by atoms with Gasteiger partial charge in [0.1, 0.15) is 11.6 Å². The van der Waals surface area contributed by atoms with Gasteiger partial charge in [-0.3, -0.25) is 9.59 Å². The summed E-state index contributed by atoms with van der Waals surface area (Å²) in [5.74, 6) is -0.471. The molecule has 0 unspecified atom stereocenters. The number of para-hydroxylation sites is 1. The average molecular weight is 307 g/mol. The lowest BCUT2D eigenvalue weighted by Gasteiger charge is -2.10. The van der Waals surface area contributed by atoms with E-state index in [1.807, 2.05) is 24.3 Å². The molecule has 2 amide bonds. The molecule has 0 saturated carbocycles. The van der Waals surface area contributed by atoms with E-state index >= 15 is 0 Å². The summed E-state index contributed by atoms with van der Waals surface area (Å²) >= 11 is 1.54. The number of rotatable bonds is 6. The van der Waals surface area contributed by atoms with Gasteiger partial charge < -0.3 is 15.0 Å². The van der Waals surface area contributed by atoms with Gasteiger partial charge in [0.2, 0.25) is 11.8 Å². The standard InChI is InChI=1S/C14H17N3O3S/c1-17(2)14(19)7-15-12(18)8-20-9-13-16-10-5-3-4-6-11(10)21-13/h3-6H,7-9H2,1-2H3,(H,15,18). The first-order valence-corrected chi connectivity index (χ1v) is 7.27. The maximum Gasteiger partial charge on any atom is 0.246 e. The van der Waals surface area contributed by atoms with E-state index in [0.29, 0.717) is 0 Å². The summed E-state index contributed by atoms with van der Waals surface area (Å²) in [5.41, 5.74) is 0.933. The van der Waals surface area contributed by atoms with Crippen LogP contribution in [0.4, 0.5) is 0 Å². The first kappa shape index (κ1) is 15.4. The Morgan fingerprint density at radius 1 is 1.33 bits per heavy atom. The molecule has 6 nitrogen and oxygen atoms in total. The highest BCUT2D eigenvalue weighted by molar-refractivity contribution is 7.18. The predicted octanol–water partition coefficient (Wildman–Crippen LogP) is 1.02. The maximum absolute atomic E-state index is 11.5. The van der Waals surface area contributed by atoms with Gasteiger partial charge >= 0.3 is 0 Å². The number of likely N-dealkylation sites (N-methyl/N-ethyl adjacent to an activating group) is 1. The topological polar surface area (TPSA) is 71.5 Å². The first-order valence-electron chi connectivity index (χ1n) is 6.45. The van der Waals surface area contributed by atoms with Gasteiger partial charge in [0.05, 0.1) is 23.4 Å². The van der Waals surface area contributed by atoms with Crippen LogP contribution < -0.4 is 5.32 Å². The Morgan fingerprint density at radius 2 is 2.10 bits per heavy atom. The second kappa shape index (κ2) is 7.14. The van der Waals surface area contributed by atoms with Gasteiger partial charge in [-0.15, -0.1) is 11.3 Å². The zero-order chi connectivity index (χ0) is 15.2. The Labute approximate surface area is 126 Å². The molecule has 1 aromatic carbocycles. The molecule has 0 saturated heterocycles. The molecule has 112 valence electrons. The Balaban J connectivity index is 1.73. The fourth-order valence-electron chi connectivity index (χ4n) is 1.60. The van der Waals surface area contributed by atoms with Crippen LogP contribution in [0.5, 0.6) is 0 Å². The van der Waals surface area contributed by atoms with Crippen molar-refractivity contribution in [3.63, 3.8) is 0 Å². The number of nitrogens with one attached hydrogen (secondary N) is 1. The zero-order valence-electron chi connectivity index (χ0n) is 12.0. The third-order valence-electron chi connectivity index (χ3n) is 2.73. The summed E-state index contributed by atoms with van der Waals surface area (Å²) in [6.07, 6.45) is 0. The van der Waals surface area contributed by atoms with E-state index < -0.39 is 0 Å². The third kappa shape index (κ3) is 4.51. The number of thiazole rings is 1. The smallest absolute Gasteiger partial charge is 0.246 e. The van der Waals surface area contributed by atoms with E-state index in [1.165, 1.54) is 4.90 Å². The highest BCUT2D eigenvalue weighted by Crippen LogP contribution is 2.21. The van der Waals surface area contributed by atoms with E-state index in [4.69, 9.17) is 4.74 Å². The lowest BCUT2D eigenvalue weighted by Crippen LogP contribution is -2.37. The molecule has 2 aromatic rings. The summed E-state index contributed by atoms with van der Waals surface area (Å²) in [5, 5.41) is 3.33. The summed E-state index contributed by atoms with van der Waals surface area (Å²) in [6, 6.07) is 7.83. The maximum atomic E-state index is 11.5. The fraction of sp³-hybridized carbons (Fsp3) is 0.357. The van der Waals surface area contributed by atoms with Gasteiger partial charge in [-0.2, -0.15) is 0 Å². The van der Waals surface area contributed by atoms with Crippen LogP contribution in [-0.2, 0) is 20.9 Å². The van der Waals surface area contributed by atoms with Crippen molar-refractivity contribution in [3.05, 3.63) is 29.3 Å². The number of carbonyl (C=O) groups excluding carboxylic acids is 2. The number of ether oxygens (including phenoxy) is 1. The third-order valence-corrected chi connectivity index (χ3v) is 3.74. The SMILES string of the molecule is CN(C)C(=O)CNC(=O)COCc1nc2ccccc2s1. The molecule has 1 N–H and O–H groups in total. The van der Waals surface area contributed by atoms with Gasteiger partial charge in [-0.1, -0.05) is 12.1 Å². The molecule has 0 bridgehead atoms. The van der Waals surface area contributed by atoms with Crippen molar-refractivity contribution in [2.75, 3.05) is 27.2 Å². The number of aromatic nitrogens is 1. The molecule has 7 heteroatoms. The van der Waals surface area contributed by atoms with E-state index in [9.17, 15) is 9.59 Å². The fourth-order valence-corrected chi connectivity index (χ4v) is 2.50. The number of nitrogens with zero attached hydrogens (tertiary/aromatic N) is 2. The van der Waals surface area contributed by atoms with Crippen LogP contribution in [-0.4, -0.2) is 48.9 Å². The van der Waals surface area contributed by atoms with E-state index in [2.05, 4.69) is 10.3 Å². The average Bonchev–Trinajstić information content (AvgIpc) is 2.87.